The van der Waals surface area contributed by atoms with Crippen molar-refractivity contribution in [3.05, 3.63) is 53.3 Å². The number of nitrogens with zero attached hydrogens (tertiary/aromatic N) is 5. The van der Waals surface area contributed by atoms with E-state index in [0.717, 1.165) is 13.1 Å². The minimum Gasteiger partial charge on any atom is -0.338 e. The van der Waals surface area contributed by atoms with Gasteiger partial charge in [-0.2, -0.15) is 0 Å². The Morgan fingerprint density at radius 1 is 1.10 bits per heavy atom. The number of rotatable bonds is 5. The van der Waals surface area contributed by atoms with Gasteiger partial charge in [-0.25, -0.2) is 19.7 Å². The number of amides is 3. The second kappa shape index (κ2) is 7.96. The first-order valence-electron chi connectivity index (χ1n) is 9.68. The van der Waals surface area contributed by atoms with Crippen LogP contribution >= 0.6 is 11.6 Å². The molecule has 1 atom stereocenters. The van der Waals surface area contributed by atoms with Crippen LogP contribution in [0.2, 0.25) is 5.02 Å². The highest BCUT2D eigenvalue weighted by atomic mass is 35.5. The Hall–Kier alpha value is -2.71. The molecule has 0 aliphatic carbocycles. The third-order valence-corrected chi connectivity index (χ3v) is 5.81. The zero-order valence-electron chi connectivity index (χ0n) is 16.2. The highest BCUT2D eigenvalue weighted by Crippen LogP contribution is 2.33. The Kier molecular flexibility index (Phi) is 5.38. The van der Waals surface area contributed by atoms with Gasteiger partial charge in [0.15, 0.2) is 0 Å². The number of imide groups is 1. The van der Waals surface area contributed by atoms with Crippen LogP contribution in [0.3, 0.4) is 0 Å². The molecular weight excluding hydrogens is 392 g/mol. The Morgan fingerprint density at radius 3 is 2.48 bits per heavy atom. The first-order chi connectivity index (χ1) is 14.0. The molecule has 9 heteroatoms. The molecule has 3 amide bonds. The first kappa shape index (κ1) is 19.6. The first-order valence-corrected chi connectivity index (χ1v) is 10.1. The van der Waals surface area contributed by atoms with Gasteiger partial charge in [0.2, 0.25) is 5.95 Å². The number of halogens is 1. The predicted octanol–water partition coefficient (Wildman–Crippen LogP) is 2.07. The highest BCUT2D eigenvalue weighted by molar-refractivity contribution is 6.30. The number of carbonyl (C=O) groups excluding carboxylic acids is 2. The van der Waals surface area contributed by atoms with Crippen molar-refractivity contribution in [3.8, 4) is 0 Å². The Bertz CT molecular complexity index is 903. The minimum atomic E-state index is -1.07. The molecule has 4 rings (SSSR count). The molecule has 1 N–H and O–H groups in total. The van der Waals surface area contributed by atoms with E-state index in [1.165, 1.54) is 4.90 Å². The highest BCUT2D eigenvalue weighted by Gasteiger charge is 2.51. The van der Waals surface area contributed by atoms with E-state index in [1.54, 1.807) is 36.7 Å². The number of hydrogen-bond donors (Lipinski definition) is 1. The molecule has 2 aromatic rings. The molecule has 0 spiro atoms. The number of hydrogen-bond acceptors (Lipinski definition) is 6. The van der Waals surface area contributed by atoms with E-state index in [0.29, 0.717) is 36.0 Å². The van der Waals surface area contributed by atoms with Gasteiger partial charge >= 0.3 is 6.03 Å². The summed E-state index contributed by atoms with van der Waals surface area (Å²) in [6.45, 7) is 5.05. The number of piperazine rings is 1. The maximum Gasteiger partial charge on any atom is 0.326 e. The summed E-state index contributed by atoms with van der Waals surface area (Å²) in [6, 6.07) is 8.54. The lowest BCUT2D eigenvalue weighted by Gasteiger charge is -2.36. The van der Waals surface area contributed by atoms with Crippen molar-refractivity contribution in [2.75, 3.05) is 37.7 Å². The third kappa shape index (κ3) is 3.65. The Labute approximate surface area is 174 Å². The van der Waals surface area contributed by atoms with Crippen LogP contribution in [0.25, 0.3) is 0 Å². The van der Waals surface area contributed by atoms with Gasteiger partial charge in [0, 0.05) is 43.6 Å². The Balaban J connectivity index is 1.45. The SMILES string of the molecule is CC[C@]1(c2cccc(Cl)c2)NC(=O)N(CN2CCN(c3ncccn3)CC2)C1=O. The van der Waals surface area contributed by atoms with Crippen LogP contribution in [0.5, 0.6) is 0 Å². The average Bonchev–Trinajstić information content (AvgIpc) is 3.00. The van der Waals surface area contributed by atoms with Gasteiger partial charge in [0.1, 0.15) is 5.54 Å². The number of nitrogens with one attached hydrogen (secondary N) is 1. The van der Waals surface area contributed by atoms with Gasteiger partial charge in [-0.05, 0) is 30.2 Å². The second-order valence-electron chi connectivity index (χ2n) is 7.23. The maximum atomic E-state index is 13.3. The fraction of sp³-hybridized carbons (Fsp3) is 0.400. The van der Waals surface area contributed by atoms with Crippen molar-refractivity contribution in [2.45, 2.75) is 18.9 Å². The monoisotopic (exact) mass is 414 g/mol. The molecule has 0 bridgehead atoms. The summed E-state index contributed by atoms with van der Waals surface area (Å²) in [6.07, 6.45) is 3.90. The van der Waals surface area contributed by atoms with Gasteiger partial charge < -0.3 is 10.2 Å². The molecule has 0 saturated carbocycles. The summed E-state index contributed by atoms with van der Waals surface area (Å²) in [7, 11) is 0. The number of aromatic nitrogens is 2. The van der Waals surface area contributed by atoms with E-state index in [4.69, 9.17) is 11.6 Å². The second-order valence-corrected chi connectivity index (χ2v) is 7.66. The summed E-state index contributed by atoms with van der Waals surface area (Å²) in [4.78, 5) is 40.0. The van der Waals surface area contributed by atoms with Gasteiger partial charge in [-0.1, -0.05) is 30.7 Å². The summed E-state index contributed by atoms with van der Waals surface area (Å²) in [5.74, 6) is 0.467. The summed E-state index contributed by atoms with van der Waals surface area (Å²) < 4.78 is 0. The fourth-order valence-corrected chi connectivity index (χ4v) is 4.08. The molecule has 8 nitrogen and oxygen atoms in total. The van der Waals surface area contributed by atoms with E-state index in [2.05, 4.69) is 25.1 Å². The molecule has 2 aliphatic heterocycles. The van der Waals surface area contributed by atoms with Crippen molar-refractivity contribution < 1.29 is 9.59 Å². The van der Waals surface area contributed by atoms with Crippen LogP contribution in [0, 0.1) is 0 Å². The smallest absolute Gasteiger partial charge is 0.326 e. The Morgan fingerprint density at radius 2 is 1.83 bits per heavy atom. The van der Waals surface area contributed by atoms with Gasteiger partial charge in [-0.15, -0.1) is 0 Å². The lowest BCUT2D eigenvalue weighted by Crippen LogP contribution is -2.52. The average molecular weight is 415 g/mol. The lowest BCUT2D eigenvalue weighted by molar-refractivity contribution is -0.133. The van der Waals surface area contributed by atoms with Gasteiger partial charge in [0.05, 0.1) is 6.67 Å². The lowest BCUT2D eigenvalue weighted by atomic mass is 9.87. The molecule has 29 heavy (non-hydrogen) atoms. The molecule has 3 heterocycles. The molecule has 2 aliphatic rings. The topological polar surface area (TPSA) is 81.7 Å². The summed E-state index contributed by atoms with van der Waals surface area (Å²) in [5, 5.41) is 3.44. The van der Waals surface area contributed by atoms with Crippen molar-refractivity contribution in [1.29, 1.82) is 0 Å². The van der Waals surface area contributed by atoms with Crippen molar-refractivity contribution in [3.63, 3.8) is 0 Å². The molecular formula is C20H23ClN6O2. The molecule has 152 valence electrons. The van der Waals surface area contributed by atoms with Crippen LogP contribution in [0.4, 0.5) is 10.7 Å². The van der Waals surface area contributed by atoms with Gasteiger partial charge in [-0.3, -0.25) is 9.69 Å². The van der Waals surface area contributed by atoms with Crippen molar-refractivity contribution in [1.82, 2.24) is 25.1 Å². The van der Waals surface area contributed by atoms with E-state index in [-0.39, 0.29) is 18.6 Å². The quantitative estimate of drug-likeness (QED) is 0.754. The fourth-order valence-electron chi connectivity index (χ4n) is 3.89. The van der Waals surface area contributed by atoms with Crippen LogP contribution in [0.1, 0.15) is 18.9 Å². The molecule has 0 unspecified atom stereocenters. The molecule has 0 radical (unpaired) electrons. The maximum absolute atomic E-state index is 13.3. The van der Waals surface area contributed by atoms with Crippen molar-refractivity contribution >= 4 is 29.5 Å². The predicted molar refractivity (Wildman–Crippen MR) is 109 cm³/mol. The van der Waals surface area contributed by atoms with Crippen LogP contribution in [0.15, 0.2) is 42.7 Å². The third-order valence-electron chi connectivity index (χ3n) is 5.57. The van der Waals surface area contributed by atoms with E-state index in [1.807, 2.05) is 13.0 Å². The van der Waals surface area contributed by atoms with Crippen molar-refractivity contribution in [2.24, 2.45) is 0 Å². The van der Waals surface area contributed by atoms with E-state index in [9.17, 15) is 9.59 Å². The minimum absolute atomic E-state index is 0.235. The number of anilines is 1. The molecule has 1 aromatic heterocycles. The molecule has 1 aromatic carbocycles. The zero-order valence-corrected chi connectivity index (χ0v) is 17.0. The number of benzene rings is 1. The van der Waals surface area contributed by atoms with E-state index >= 15 is 0 Å². The standard InChI is InChI=1S/C20H23ClN6O2/c1-2-20(15-5-3-6-16(21)13-15)17(28)27(19(29)24-20)14-25-9-11-26(12-10-25)18-22-7-4-8-23-18/h3-8,13H,2,9-12,14H2,1H3,(H,24,29)/t20-/m1/s1. The van der Waals surface area contributed by atoms with Crippen LogP contribution in [-0.2, 0) is 10.3 Å². The van der Waals surface area contributed by atoms with Crippen LogP contribution in [-0.4, -0.2) is 64.6 Å². The summed E-state index contributed by atoms with van der Waals surface area (Å²) in [5.41, 5.74) is -0.360. The summed E-state index contributed by atoms with van der Waals surface area (Å²) >= 11 is 6.12. The molecule has 2 fully saturated rings. The van der Waals surface area contributed by atoms with Crippen LogP contribution < -0.4 is 10.2 Å². The largest absolute Gasteiger partial charge is 0.338 e. The number of urea groups is 1. The molecule has 2 saturated heterocycles. The van der Waals surface area contributed by atoms with Gasteiger partial charge in [0.25, 0.3) is 5.91 Å². The number of carbonyl (C=O) groups is 2. The van der Waals surface area contributed by atoms with E-state index < -0.39 is 5.54 Å². The normalized spacial score (nSPS) is 22.8. The zero-order chi connectivity index (χ0) is 20.4.